The van der Waals surface area contributed by atoms with Gasteiger partial charge in [-0.3, -0.25) is 4.79 Å². The van der Waals surface area contributed by atoms with Gasteiger partial charge in [-0.05, 0) is 62.8 Å². The number of nitrogens with one attached hydrogen (secondary N) is 1. The van der Waals surface area contributed by atoms with Crippen molar-refractivity contribution in [1.82, 2.24) is 5.32 Å². The fourth-order valence-electron chi connectivity index (χ4n) is 4.09. The van der Waals surface area contributed by atoms with Crippen LogP contribution in [0.1, 0.15) is 68.2 Å². The number of rotatable bonds is 3. The van der Waals surface area contributed by atoms with Crippen LogP contribution in [0.5, 0.6) is 0 Å². The average molecular weight is 327 g/mol. The van der Waals surface area contributed by atoms with Gasteiger partial charge < -0.3 is 10.4 Å². The van der Waals surface area contributed by atoms with Crippen molar-refractivity contribution in [3.8, 4) is 0 Å². The fraction of sp³-hybridized carbons (Fsp3) is 0.571. The molecule has 0 radical (unpaired) electrons. The number of hydrogen-bond donors (Lipinski definition) is 2. The third-order valence-corrected chi connectivity index (χ3v) is 5.42. The molecule has 2 N–H and O–H groups in total. The standard InChI is InChI=1S/C21H29NO2/c1-14-9-16-12-21(2,3)22-19(18(16)10-17(14)13-23)11-20(24)15-7-5-4-6-8-15/h9-11,15,22-23H,4-8,12-13H2,1-3H3/b19-11-. The summed E-state index contributed by atoms with van der Waals surface area (Å²) in [5.41, 5.74) is 5.24. The van der Waals surface area contributed by atoms with Crippen LogP contribution in [0.2, 0.25) is 0 Å². The van der Waals surface area contributed by atoms with E-state index in [1.54, 1.807) is 0 Å². The highest BCUT2D eigenvalue weighted by Gasteiger charge is 2.29. The van der Waals surface area contributed by atoms with Crippen molar-refractivity contribution in [2.45, 2.75) is 71.4 Å². The molecule has 24 heavy (non-hydrogen) atoms. The molecule has 1 heterocycles. The van der Waals surface area contributed by atoms with E-state index in [1.807, 2.05) is 19.1 Å². The molecule has 0 spiro atoms. The van der Waals surface area contributed by atoms with Gasteiger partial charge in [0.25, 0.3) is 0 Å². The van der Waals surface area contributed by atoms with Crippen LogP contribution >= 0.6 is 0 Å². The molecule has 2 aliphatic rings. The predicted molar refractivity (Wildman–Crippen MR) is 97.6 cm³/mol. The molecule has 0 saturated heterocycles. The van der Waals surface area contributed by atoms with Crippen LogP contribution in [0.4, 0.5) is 0 Å². The van der Waals surface area contributed by atoms with E-state index < -0.39 is 0 Å². The Morgan fingerprint density at radius 1 is 1.29 bits per heavy atom. The fourth-order valence-corrected chi connectivity index (χ4v) is 4.09. The van der Waals surface area contributed by atoms with Crippen molar-refractivity contribution in [3.05, 3.63) is 40.5 Å². The van der Waals surface area contributed by atoms with Gasteiger partial charge in [-0.2, -0.15) is 0 Å². The number of aliphatic hydroxyl groups excluding tert-OH is 1. The molecule has 1 aliphatic heterocycles. The highest BCUT2D eigenvalue weighted by molar-refractivity contribution is 5.98. The molecule has 1 saturated carbocycles. The summed E-state index contributed by atoms with van der Waals surface area (Å²) in [6.45, 7) is 6.41. The monoisotopic (exact) mass is 327 g/mol. The maximum Gasteiger partial charge on any atom is 0.160 e. The van der Waals surface area contributed by atoms with Gasteiger partial charge in [-0.15, -0.1) is 0 Å². The summed E-state index contributed by atoms with van der Waals surface area (Å²) in [5, 5.41) is 13.1. The van der Waals surface area contributed by atoms with Gasteiger partial charge >= 0.3 is 0 Å². The van der Waals surface area contributed by atoms with Gasteiger partial charge in [0, 0.05) is 28.8 Å². The summed E-state index contributed by atoms with van der Waals surface area (Å²) in [7, 11) is 0. The van der Waals surface area contributed by atoms with Crippen LogP contribution in [0.3, 0.4) is 0 Å². The van der Waals surface area contributed by atoms with E-state index in [9.17, 15) is 9.90 Å². The number of carbonyl (C=O) groups excluding carboxylic acids is 1. The minimum absolute atomic E-state index is 0.0341. The average Bonchev–Trinajstić information content (AvgIpc) is 2.54. The Bertz CT molecular complexity index is 667. The lowest BCUT2D eigenvalue weighted by atomic mass is 9.82. The van der Waals surface area contributed by atoms with Crippen molar-refractivity contribution in [1.29, 1.82) is 0 Å². The summed E-state index contributed by atoms with van der Waals surface area (Å²) in [5.74, 6) is 0.441. The van der Waals surface area contributed by atoms with E-state index in [-0.39, 0.29) is 23.8 Å². The van der Waals surface area contributed by atoms with Gasteiger partial charge in [0.1, 0.15) is 0 Å². The van der Waals surface area contributed by atoms with Crippen LogP contribution in [0.25, 0.3) is 5.70 Å². The van der Waals surface area contributed by atoms with Crippen LogP contribution in [-0.4, -0.2) is 16.4 Å². The van der Waals surface area contributed by atoms with Crippen molar-refractivity contribution >= 4 is 11.5 Å². The lowest BCUT2D eigenvalue weighted by Crippen LogP contribution is -2.44. The van der Waals surface area contributed by atoms with E-state index in [2.05, 4.69) is 25.2 Å². The predicted octanol–water partition coefficient (Wildman–Crippen LogP) is 3.90. The number of carbonyl (C=O) groups is 1. The van der Waals surface area contributed by atoms with Crippen LogP contribution < -0.4 is 5.32 Å². The number of fused-ring (bicyclic) bond motifs is 1. The number of hydrogen-bond acceptors (Lipinski definition) is 3. The van der Waals surface area contributed by atoms with Crippen LogP contribution in [0, 0.1) is 12.8 Å². The maximum atomic E-state index is 12.7. The van der Waals surface area contributed by atoms with Crippen molar-refractivity contribution in [2.24, 2.45) is 5.92 Å². The van der Waals surface area contributed by atoms with Gasteiger partial charge in [-0.1, -0.05) is 25.3 Å². The molecular formula is C21H29NO2. The molecule has 0 amide bonds. The van der Waals surface area contributed by atoms with E-state index in [4.69, 9.17) is 0 Å². The second kappa shape index (κ2) is 6.72. The second-order valence-electron chi connectivity index (χ2n) is 8.07. The van der Waals surface area contributed by atoms with Gasteiger partial charge in [0.15, 0.2) is 5.78 Å². The Kier molecular flexibility index (Phi) is 4.82. The van der Waals surface area contributed by atoms with E-state index in [1.165, 1.54) is 24.8 Å². The zero-order chi connectivity index (χ0) is 17.3. The van der Waals surface area contributed by atoms with Crippen LogP contribution in [-0.2, 0) is 17.8 Å². The maximum absolute atomic E-state index is 12.7. The molecule has 0 unspecified atom stereocenters. The lowest BCUT2D eigenvalue weighted by molar-refractivity contribution is -0.119. The lowest BCUT2D eigenvalue weighted by Gasteiger charge is -2.36. The molecule has 1 aliphatic carbocycles. The summed E-state index contributed by atoms with van der Waals surface area (Å²) in [4.78, 5) is 12.7. The van der Waals surface area contributed by atoms with Gasteiger partial charge in [0.05, 0.1) is 6.61 Å². The normalized spacial score (nSPS) is 22.1. The number of allylic oxidation sites excluding steroid dienone is 1. The molecule has 0 aromatic heterocycles. The molecular weight excluding hydrogens is 298 g/mol. The Hall–Kier alpha value is -1.61. The Balaban J connectivity index is 1.98. The first-order valence-corrected chi connectivity index (χ1v) is 9.17. The Morgan fingerprint density at radius 3 is 2.67 bits per heavy atom. The first-order valence-electron chi connectivity index (χ1n) is 9.17. The molecule has 0 atom stereocenters. The first-order chi connectivity index (χ1) is 11.4. The van der Waals surface area contributed by atoms with Gasteiger partial charge in [-0.25, -0.2) is 0 Å². The first kappa shape index (κ1) is 17.2. The SMILES string of the molecule is Cc1cc2c(cc1CO)/C(=C/C(=O)C1CCCCC1)NC(C)(C)C2. The summed E-state index contributed by atoms with van der Waals surface area (Å²) in [6, 6.07) is 4.22. The van der Waals surface area contributed by atoms with Crippen molar-refractivity contribution in [3.63, 3.8) is 0 Å². The Labute approximate surface area is 145 Å². The van der Waals surface area contributed by atoms with Gasteiger partial charge in [0.2, 0.25) is 0 Å². The molecule has 3 nitrogen and oxygen atoms in total. The number of aryl methyl sites for hydroxylation is 1. The molecule has 1 aromatic rings. The summed E-state index contributed by atoms with van der Waals surface area (Å²) in [6.07, 6.45) is 8.39. The quantitative estimate of drug-likeness (QED) is 0.828. The number of ketones is 1. The molecule has 1 fully saturated rings. The Morgan fingerprint density at radius 2 is 2.00 bits per heavy atom. The smallest absolute Gasteiger partial charge is 0.160 e. The molecule has 130 valence electrons. The zero-order valence-electron chi connectivity index (χ0n) is 15.1. The highest BCUT2D eigenvalue weighted by atomic mass is 16.3. The minimum Gasteiger partial charge on any atom is -0.392 e. The second-order valence-corrected chi connectivity index (χ2v) is 8.07. The highest BCUT2D eigenvalue weighted by Crippen LogP contribution is 2.33. The zero-order valence-corrected chi connectivity index (χ0v) is 15.1. The summed E-state index contributed by atoms with van der Waals surface area (Å²) < 4.78 is 0. The van der Waals surface area contributed by atoms with E-state index in [0.29, 0.717) is 0 Å². The third-order valence-electron chi connectivity index (χ3n) is 5.42. The van der Waals surface area contributed by atoms with E-state index >= 15 is 0 Å². The topological polar surface area (TPSA) is 49.3 Å². The molecule has 1 aromatic carbocycles. The van der Waals surface area contributed by atoms with Crippen molar-refractivity contribution < 1.29 is 9.90 Å². The number of aliphatic hydroxyl groups is 1. The third kappa shape index (κ3) is 3.56. The van der Waals surface area contributed by atoms with Crippen LogP contribution in [0.15, 0.2) is 18.2 Å². The molecule has 0 bridgehead atoms. The van der Waals surface area contributed by atoms with Crippen molar-refractivity contribution in [2.75, 3.05) is 0 Å². The summed E-state index contributed by atoms with van der Waals surface area (Å²) >= 11 is 0. The molecule has 3 heteroatoms. The minimum atomic E-state index is -0.0706. The molecule has 3 rings (SSSR count). The number of benzene rings is 1. The largest absolute Gasteiger partial charge is 0.392 e. The van der Waals surface area contributed by atoms with E-state index in [0.717, 1.165) is 41.6 Å².